The topological polar surface area (TPSA) is 119 Å². The normalized spacial score (nSPS) is 44.0. The molecule has 8 atom stereocenters. The molecule has 2 amide bonds. The van der Waals surface area contributed by atoms with Crippen LogP contribution in [-0.4, -0.2) is 58.0 Å². The van der Waals surface area contributed by atoms with E-state index in [1.54, 1.807) is 6.92 Å². The summed E-state index contributed by atoms with van der Waals surface area (Å²) < 4.78 is 0. The largest absolute Gasteiger partial charge is 0.394 e. The Labute approximate surface area is 160 Å². The summed E-state index contributed by atoms with van der Waals surface area (Å²) in [7, 11) is 0. The van der Waals surface area contributed by atoms with E-state index in [9.17, 15) is 24.9 Å². The highest BCUT2D eigenvalue weighted by Crippen LogP contribution is 2.44. The third-order valence-electron chi connectivity index (χ3n) is 6.92. The van der Waals surface area contributed by atoms with Gasteiger partial charge in [0.1, 0.15) is 6.04 Å². The molecule has 3 rings (SSSR count). The van der Waals surface area contributed by atoms with Gasteiger partial charge in [-0.05, 0) is 75.5 Å². The Morgan fingerprint density at radius 3 is 2.11 bits per heavy atom. The van der Waals surface area contributed by atoms with Gasteiger partial charge in [0.2, 0.25) is 11.8 Å². The van der Waals surface area contributed by atoms with E-state index < -0.39 is 18.2 Å². The van der Waals surface area contributed by atoms with Crippen LogP contribution in [0.15, 0.2) is 0 Å². The predicted molar refractivity (Wildman–Crippen MR) is 99.5 cm³/mol. The Hall–Kier alpha value is -1.18. The van der Waals surface area contributed by atoms with Gasteiger partial charge < -0.3 is 26.0 Å². The zero-order valence-electron chi connectivity index (χ0n) is 16.1. The summed E-state index contributed by atoms with van der Waals surface area (Å²) in [5, 5.41) is 36.5. The van der Waals surface area contributed by atoms with Crippen molar-refractivity contribution in [2.24, 2.45) is 23.7 Å². The number of rotatable bonds is 1. The van der Waals surface area contributed by atoms with Gasteiger partial charge in [0, 0.05) is 6.42 Å². The second-order valence-electron chi connectivity index (χ2n) is 8.94. The number of aliphatic hydroxyl groups excluding tert-OH is 3. The summed E-state index contributed by atoms with van der Waals surface area (Å²) >= 11 is 0. The van der Waals surface area contributed by atoms with Gasteiger partial charge in [0.25, 0.3) is 0 Å². The lowest BCUT2D eigenvalue weighted by molar-refractivity contribution is -0.130. The number of hydrogen-bond acceptors (Lipinski definition) is 5. The SMILES string of the molecule is C[C@@H]1NC(=O)C[C@H]2CC[C@H](O)[C@@H](C2)[C@@H]2C[C@H](CC[C@@H]2O)C[C@@H](CO)NC1=O. The first kappa shape index (κ1) is 20.6. The van der Waals surface area contributed by atoms with Crippen LogP contribution in [0.1, 0.15) is 58.3 Å². The van der Waals surface area contributed by atoms with E-state index in [2.05, 4.69) is 10.6 Å². The lowest BCUT2D eigenvalue weighted by atomic mass is 9.64. The third kappa shape index (κ3) is 5.00. The molecule has 1 aliphatic heterocycles. The Morgan fingerprint density at radius 1 is 0.889 bits per heavy atom. The molecule has 0 aromatic heterocycles. The molecule has 1 saturated heterocycles. The van der Waals surface area contributed by atoms with Crippen molar-refractivity contribution in [3.63, 3.8) is 0 Å². The van der Waals surface area contributed by atoms with Crippen molar-refractivity contribution in [3.05, 3.63) is 0 Å². The highest BCUT2D eigenvalue weighted by atomic mass is 16.3. The minimum atomic E-state index is -0.639. The Bertz CT molecular complexity index is 542. The number of carbonyl (C=O) groups excluding carboxylic acids is 2. The van der Waals surface area contributed by atoms with E-state index in [0.29, 0.717) is 31.6 Å². The second-order valence-corrected chi connectivity index (χ2v) is 8.94. The standard InChI is InChI=1S/C20H34N2O5/c1-11-20(27)22-14(10-23)6-12-2-4-17(24)15(7-12)16-8-13(3-5-18(16)25)9-19(26)21-11/h11-18,23-25H,2-10H2,1H3,(H,21,26)(H,22,27)/t11-,12+,13-,14-,15-,16-,17-,18-/m0/s1. The molecular weight excluding hydrogens is 348 g/mol. The fourth-order valence-electron chi connectivity index (χ4n) is 5.42. The summed E-state index contributed by atoms with van der Waals surface area (Å²) in [6, 6.07) is -0.995. The van der Waals surface area contributed by atoms with Crippen LogP contribution in [0.25, 0.3) is 0 Å². The number of carbonyl (C=O) groups is 2. The molecule has 3 fully saturated rings. The summed E-state index contributed by atoms with van der Waals surface area (Å²) in [5.41, 5.74) is 0. The molecular formula is C20H34N2O5. The summed E-state index contributed by atoms with van der Waals surface area (Å²) in [6.07, 6.45) is 4.68. The molecule has 0 radical (unpaired) electrons. The van der Waals surface area contributed by atoms with Crippen LogP contribution in [0.4, 0.5) is 0 Å². The van der Waals surface area contributed by atoms with E-state index >= 15 is 0 Å². The van der Waals surface area contributed by atoms with Gasteiger partial charge in [-0.1, -0.05) is 0 Å². The monoisotopic (exact) mass is 382 g/mol. The molecule has 7 heteroatoms. The van der Waals surface area contributed by atoms with E-state index in [4.69, 9.17) is 0 Å². The van der Waals surface area contributed by atoms with Crippen LogP contribution in [-0.2, 0) is 9.59 Å². The molecule has 27 heavy (non-hydrogen) atoms. The molecule has 2 saturated carbocycles. The van der Waals surface area contributed by atoms with Gasteiger partial charge in [-0.25, -0.2) is 0 Å². The summed E-state index contributed by atoms with van der Waals surface area (Å²) in [6.45, 7) is 1.51. The average Bonchev–Trinajstić information content (AvgIpc) is 2.63. The molecule has 0 aromatic rings. The van der Waals surface area contributed by atoms with Crippen molar-refractivity contribution in [3.8, 4) is 0 Å². The van der Waals surface area contributed by atoms with E-state index in [-0.39, 0.29) is 42.2 Å². The van der Waals surface area contributed by atoms with E-state index in [0.717, 1.165) is 25.7 Å². The van der Waals surface area contributed by atoms with Gasteiger partial charge in [-0.15, -0.1) is 0 Å². The zero-order valence-corrected chi connectivity index (χ0v) is 16.1. The predicted octanol–water partition coefficient (Wildman–Crippen LogP) is 0.316. The zero-order chi connectivity index (χ0) is 19.6. The highest BCUT2D eigenvalue weighted by molar-refractivity contribution is 5.87. The lowest BCUT2D eigenvalue weighted by Gasteiger charge is -2.44. The van der Waals surface area contributed by atoms with Crippen LogP contribution < -0.4 is 10.6 Å². The maximum atomic E-state index is 12.4. The Kier molecular flexibility index (Phi) is 6.76. The third-order valence-corrected chi connectivity index (χ3v) is 6.92. The van der Waals surface area contributed by atoms with Crippen molar-refractivity contribution in [1.82, 2.24) is 10.6 Å². The minimum Gasteiger partial charge on any atom is -0.394 e. The van der Waals surface area contributed by atoms with Crippen LogP contribution in [0.2, 0.25) is 0 Å². The molecule has 5 N–H and O–H groups in total. The molecule has 2 aliphatic carbocycles. The first-order valence-corrected chi connectivity index (χ1v) is 10.4. The van der Waals surface area contributed by atoms with Gasteiger partial charge in [0.15, 0.2) is 0 Å². The molecule has 7 nitrogen and oxygen atoms in total. The van der Waals surface area contributed by atoms with Gasteiger partial charge in [-0.2, -0.15) is 0 Å². The highest BCUT2D eigenvalue weighted by Gasteiger charge is 2.42. The molecule has 0 aromatic carbocycles. The number of hydrogen-bond donors (Lipinski definition) is 5. The van der Waals surface area contributed by atoms with E-state index in [1.807, 2.05) is 0 Å². The molecule has 3 aliphatic rings. The second kappa shape index (κ2) is 8.88. The van der Waals surface area contributed by atoms with Crippen molar-refractivity contribution < 1.29 is 24.9 Å². The number of fused-ring (bicyclic) bond motifs is 5. The number of nitrogens with one attached hydrogen (secondary N) is 2. The van der Waals surface area contributed by atoms with Crippen molar-refractivity contribution in [2.45, 2.75) is 82.6 Å². The van der Waals surface area contributed by atoms with Crippen LogP contribution >= 0.6 is 0 Å². The molecule has 1 heterocycles. The van der Waals surface area contributed by atoms with Crippen molar-refractivity contribution in [1.29, 1.82) is 0 Å². The van der Waals surface area contributed by atoms with Gasteiger partial charge >= 0.3 is 0 Å². The van der Waals surface area contributed by atoms with Crippen molar-refractivity contribution >= 4 is 11.8 Å². The fourth-order valence-corrected chi connectivity index (χ4v) is 5.42. The summed E-state index contributed by atoms with van der Waals surface area (Å²) in [5.74, 6) is 0.0743. The maximum absolute atomic E-state index is 12.4. The van der Waals surface area contributed by atoms with Crippen LogP contribution in [0.5, 0.6) is 0 Å². The average molecular weight is 383 g/mol. The van der Waals surface area contributed by atoms with Crippen molar-refractivity contribution in [2.75, 3.05) is 6.61 Å². The van der Waals surface area contributed by atoms with Crippen LogP contribution in [0, 0.1) is 23.7 Å². The quantitative estimate of drug-likeness (QED) is 0.447. The molecule has 0 spiro atoms. The van der Waals surface area contributed by atoms with Gasteiger partial charge in [0.05, 0.1) is 24.9 Å². The van der Waals surface area contributed by atoms with Gasteiger partial charge in [-0.3, -0.25) is 9.59 Å². The smallest absolute Gasteiger partial charge is 0.242 e. The molecule has 4 bridgehead atoms. The minimum absolute atomic E-state index is 0.0110. The summed E-state index contributed by atoms with van der Waals surface area (Å²) in [4.78, 5) is 24.7. The first-order chi connectivity index (χ1) is 12.9. The van der Waals surface area contributed by atoms with Crippen LogP contribution in [0.3, 0.4) is 0 Å². The fraction of sp³-hybridized carbons (Fsp3) is 0.900. The Morgan fingerprint density at radius 2 is 1.48 bits per heavy atom. The molecule has 154 valence electrons. The van der Waals surface area contributed by atoms with E-state index in [1.165, 1.54) is 0 Å². The maximum Gasteiger partial charge on any atom is 0.242 e. The first-order valence-electron chi connectivity index (χ1n) is 10.4. The number of amides is 2. The number of aliphatic hydroxyl groups is 3. The Balaban J connectivity index is 1.82. The lowest BCUT2D eigenvalue weighted by Crippen LogP contribution is -2.51. The molecule has 0 unspecified atom stereocenters.